The Morgan fingerprint density at radius 2 is 1.56 bits per heavy atom. The summed E-state index contributed by atoms with van der Waals surface area (Å²) < 4.78 is 25.0. The van der Waals surface area contributed by atoms with Crippen molar-refractivity contribution in [3.8, 4) is 11.5 Å². The van der Waals surface area contributed by atoms with Crippen LogP contribution in [0.25, 0.3) is 6.08 Å². The summed E-state index contributed by atoms with van der Waals surface area (Å²) in [5.74, 6) is -0.735. The highest BCUT2D eigenvalue weighted by atomic mass is 19.1. The first-order valence-electron chi connectivity index (χ1n) is 11.6. The van der Waals surface area contributed by atoms with Crippen molar-refractivity contribution in [2.45, 2.75) is 26.4 Å². The molecule has 0 radical (unpaired) electrons. The van der Waals surface area contributed by atoms with E-state index in [0.29, 0.717) is 34.9 Å². The van der Waals surface area contributed by atoms with E-state index >= 15 is 0 Å². The number of amides is 4. The zero-order valence-electron chi connectivity index (χ0n) is 19.7. The summed E-state index contributed by atoms with van der Waals surface area (Å²) >= 11 is 0. The molecule has 36 heavy (non-hydrogen) atoms. The Kier molecular flexibility index (Phi) is 7.75. The van der Waals surface area contributed by atoms with Crippen LogP contribution in [-0.2, 0) is 16.2 Å². The summed E-state index contributed by atoms with van der Waals surface area (Å²) in [6, 6.07) is 18.7. The summed E-state index contributed by atoms with van der Waals surface area (Å²) in [5.41, 5.74) is 1.12. The summed E-state index contributed by atoms with van der Waals surface area (Å²) in [7, 11) is 0. The molecule has 0 atom stereocenters. The fourth-order valence-electron chi connectivity index (χ4n) is 3.52. The van der Waals surface area contributed by atoms with Crippen molar-refractivity contribution >= 4 is 29.6 Å². The number of ether oxygens (including phenoxy) is 2. The summed E-state index contributed by atoms with van der Waals surface area (Å²) in [6.07, 6.45) is 3.33. The number of benzene rings is 3. The van der Waals surface area contributed by atoms with Gasteiger partial charge in [0, 0.05) is 5.56 Å². The van der Waals surface area contributed by atoms with Crippen LogP contribution in [0, 0.1) is 5.82 Å². The Balaban J connectivity index is 1.47. The van der Waals surface area contributed by atoms with Crippen LogP contribution in [0.15, 0.2) is 78.4 Å². The Morgan fingerprint density at radius 1 is 0.889 bits per heavy atom. The molecule has 0 aliphatic carbocycles. The van der Waals surface area contributed by atoms with Gasteiger partial charge in [0.2, 0.25) is 0 Å². The van der Waals surface area contributed by atoms with Crippen LogP contribution in [0.3, 0.4) is 0 Å². The normalized spacial score (nSPS) is 14.7. The first-order valence-corrected chi connectivity index (χ1v) is 11.6. The number of carbonyl (C=O) groups excluding carboxylic acids is 3. The number of hydrogen-bond acceptors (Lipinski definition) is 5. The number of unbranched alkanes of at least 4 members (excludes halogenated alkanes) is 1. The molecule has 1 heterocycles. The molecule has 1 fully saturated rings. The topological polar surface area (TPSA) is 84.9 Å². The van der Waals surface area contributed by atoms with Crippen LogP contribution in [0.1, 0.15) is 30.9 Å². The highest BCUT2D eigenvalue weighted by Gasteiger charge is 2.36. The van der Waals surface area contributed by atoms with Crippen molar-refractivity contribution in [1.82, 2.24) is 5.32 Å². The van der Waals surface area contributed by atoms with Crippen molar-refractivity contribution in [1.29, 1.82) is 0 Å². The third kappa shape index (κ3) is 5.78. The van der Waals surface area contributed by atoms with Gasteiger partial charge in [-0.2, -0.15) is 0 Å². The lowest BCUT2D eigenvalue weighted by Crippen LogP contribution is -2.54. The minimum atomic E-state index is -0.821. The van der Waals surface area contributed by atoms with Crippen LogP contribution in [0.2, 0.25) is 0 Å². The number of carbonyl (C=O) groups is 3. The van der Waals surface area contributed by atoms with Gasteiger partial charge in [-0.05, 0) is 60.5 Å². The molecule has 0 aromatic heterocycles. The second-order valence-corrected chi connectivity index (χ2v) is 8.10. The number of nitrogens with one attached hydrogen (secondary N) is 1. The average Bonchev–Trinajstić information content (AvgIpc) is 2.88. The maximum atomic E-state index is 13.8. The van der Waals surface area contributed by atoms with Crippen molar-refractivity contribution in [3.63, 3.8) is 0 Å². The molecular weight excluding hydrogens is 463 g/mol. The first kappa shape index (κ1) is 24.7. The largest absolute Gasteiger partial charge is 0.494 e. The van der Waals surface area contributed by atoms with E-state index in [4.69, 9.17) is 9.47 Å². The molecule has 0 bridgehead atoms. The second-order valence-electron chi connectivity index (χ2n) is 8.10. The van der Waals surface area contributed by atoms with Crippen molar-refractivity contribution in [2.24, 2.45) is 0 Å². The molecule has 184 valence electrons. The fourth-order valence-corrected chi connectivity index (χ4v) is 3.52. The van der Waals surface area contributed by atoms with Crippen LogP contribution in [0.5, 0.6) is 11.5 Å². The number of urea groups is 1. The van der Waals surface area contributed by atoms with Gasteiger partial charge in [-0.15, -0.1) is 0 Å². The van der Waals surface area contributed by atoms with E-state index in [9.17, 15) is 18.8 Å². The van der Waals surface area contributed by atoms with E-state index in [0.717, 1.165) is 17.7 Å². The standard InChI is InChI=1S/C28H25FN2O5/c1-2-3-16-35-22-14-10-21(11-15-22)31-27(33)24(26(32)30-28(31)34)17-19-8-12-23(13-9-19)36-18-20-6-4-5-7-25(20)29/h4-15,17H,2-3,16,18H2,1H3,(H,30,32,34)/b24-17-. The number of anilines is 1. The molecule has 1 aliphatic heterocycles. The van der Waals surface area contributed by atoms with Gasteiger partial charge < -0.3 is 9.47 Å². The fraction of sp³-hybridized carbons (Fsp3) is 0.179. The Bertz CT molecular complexity index is 1290. The first-order chi connectivity index (χ1) is 17.5. The molecule has 4 amide bonds. The lowest BCUT2D eigenvalue weighted by molar-refractivity contribution is -0.122. The maximum Gasteiger partial charge on any atom is 0.335 e. The van der Waals surface area contributed by atoms with Crippen molar-refractivity contribution < 1.29 is 28.2 Å². The third-order valence-electron chi connectivity index (χ3n) is 5.51. The van der Waals surface area contributed by atoms with E-state index < -0.39 is 17.8 Å². The third-order valence-corrected chi connectivity index (χ3v) is 5.51. The summed E-state index contributed by atoms with van der Waals surface area (Å²) in [6.45, 7) is 2.71. The SMILES string of the molecule is CCCCOc1ccc(N2C(=O)NC(=O)/C(=C/c3ccc(OCc4ccccc4F)cc3)C2=O)cc1. The summed E-state index contributed by atoms with van der Waals surface area (Å²) in [4.78, 5) is 38.9. The predicted octanol–water partition coefficient (Wildman–Crippen LogP) is 5.25. The molecule has 1 saturated heterocycles. The van der Waals surface area contributed by atoms with Gasteiger partial charge in [0.25, 0.3) is 11.8 Å². The minimum absolute atomic E-state index is 0.0630. The highest BCUT2D eigenvalue weighted by molar-refractivity contribution is 6.39. The Morgan fingerprint density at radius 3 is 2.25 bits per heavy atom. The number of halogens is 1. The Labute approximate surface area is 208 Å². The van der Waals surface area contributed by atoms with Gasteiger partial charge >= 0.3 is 6.03 Å². The number of imide groups is 2. The van der Waals surface area contributed by atoms with Gasteiger partial charge in [-0.25, -0.2) is 14.1 Å². The Hall–Kier alpha value is -4.46. The number of nitrogens with zero attached hydrogens (tertiary/aromatic N) is 1. The monoisotopic (exact) mass is 488 g/mol. The average molecular weight is 489 g/mol. The minimum Gasteiger partial charge on any atom is -0.494 e. The van der Waals surface area contributed by atoms with E-state index in [1.54, 1.807) is 66.7 Å². The molecule has 0 spiro atoms. The number of rotatable bonds is 9. The number of barbiturate groups is 1. The lowest BCUT2D eigenvalue weighted by Gasteiger charge is -2.26. The molecule has 0 unspecified atom stereocenters. The molecule has 3 aromatic carbocycles. The van der Waals surface area contributed by atoms with Gasteiger partial charge in [0.05, 0.1) is 12.3 Å². The van der Waals surface area contributed by atoms with E-state index in [1.165, 1.54) is 12.1 Å². The lowest BCUT2D eigenvalue weighted by atomic mass is 10.1. The summed E-state index contributed by atoms with van der Waals surface area (Å²) in [5, 5.41) is 2.21. The predicted molar refractivity (Wildman–Crippen MR) is 133 cm³/mol. The van der Waals surface area contributed by atoms with Crippen LogP contribution >= 0.6 is 0 Å². The van der Waals surface area contributed by atoms with E-state index in [1.807, 2.05) is 0 Å². The van der Waals surface area contributed by atoms with E-state index in [-0.39, 0.29) is 18.0 Å². The van der Waals surface area contributed by atoms with Gasteiger partial charge in [-0.1, -0.05) is 43.7 Å². The van der Waals surface area contributed by atoms with Gasteiger partial charge in [0.1, 0.15) is 29.5 Å². The zero-order valence-corrected chi connectivity index (χ0v) is 19.7. The molecule has 0 saturated carbocycles. The molecule has 1 aliphatic rings. The molecule has 4 rings (SSSR count). The van der Waals surface area contributed by atoms with Crippen molar-refractivity contribution in [3.05, 3.63) is 95.3 Å². The van der Waals surface area contributed by atoms with Crippen molar-refractivity contribution in [2.75, 3.05) is 11.5 Å². The van der Waals surface area contributed by atoms with Crippen LogP contribution in [0.4, 0.5) is 14.9 Å². The zero-order chi connectivity index (χ0) is 25.5. The molecule has 7 nitrogen and oxygen atoms in total. The molecule has 8 heteroatoms. The number of hydrogen-bond donors (Lipinski definition) is 1. The maximum absolute atomic E-state index is 13.8. The van der Waals surface area contributed by atoms with Gasteiger partial charge in [0.15, 0.2) is 0 Å². The molecule has 1 N–H and O–H groups in total. The molecule has 3 aromatic rings. The smallest absolute Gasteiger partial charge is 0.335 e. The van der Waals surface area contributed by atoms with Crippen LogP contribution in [-0.4, -0.2) is 24.5 Å². The highest BCUT2D eigenvalue weighted by Crippen LogP contribution is 2.25. The van der Waals surface area contributed by atoms with E-state index in [2.05, 4.69) is 12.2 Å². The molecular formula is C28H25FN2O5. The quantitative estimate of drug-likeness (QED) is 0.253. The van der Waals surface area contributed by atoms with Gasteiger partial charge in [-0.3, -0.25) is 14.9 Å². The second kappa shape index (κ2) is 11.3. The van der Waals surface area contributed by atoms with Crippen LogP contribution < -0.4 is 19.7 Å².